The summed E-state index contributed by atoms with van der Waals surface area (Å²) in [7, 11) is -0.863. The average Bonchev–Trinajstić information content (AvgIpc) is 2.61. The van der Waals surface area contributed by atoms with Gasteiger partial charge in [-0.15, -0.1) is 0 Å². The summed E-state index contributed by atoms with van der Waals surface area (Å²) in [5.41, 5.74) is 0.174. The zero-order valence-corrected chi connectivity index (χ0v) is 16.8. The monoisotopic (exact) mass is 458 g/mol. The van der Waals surface area contributed by atoms with E-state index in [-0.39, 0.29) is 16.1 Å². The standard InChI is InChI=1S/C17H16BrFN2O5S/c1-21(2)27(24,25)13-5-3-4-12(9-13)20-16(22)10-26-17(23)14-8-11(19)6-7-15(14)18/h3-9H,10H2,1-2H3,(H,20,22). The zero-order valence-electron chi connectivity index (χ0n) is 14.4. The molecule has 0 heterocycles. The van der Waals surface area contributed by atoms with Crippen LogP contribution in [-0.2, 0) is 19.6 Å². The van der Waals surface area contributed by atoms with Crippen LogP contribution in [0.15, 0.2) is 51.8 Å². The molecule has 1 amide bonds. The second-order valence-corrected chi connectivity index (χ2v) is 8.57. The lowest BCUT2D eigenvalue weighted by molar-refractivity contribution is -0.119. The summed E-state index contributed by atoms with van der Waals surface area (Å²) < 4.78 is 43.7. The van der Waals surface area contributed by atoms with E-state index < -0.39 is 34.3 Å². The normalized spacial score (nSPS) is 11.3. The highest BCUT2D eigenvalue weighted by atomic mass is 79.9. The first kappa shape index (κ1) is 21.0. The van der Waals surface area contributed by atoms with Crippen molar-refractivity contribution in [2.45, 2.75) is 4.90 Å². The number of benzene rings is 2. The van der Waals surface area contributed by atoms with Gasteiger partial charge in [0.15, 0.2) is 6.61 Å². The van der Waals surface area contributed by atoms with E-state index in [1.807, 2.05) is 0 Å². The Morgan fingerprint density at radius 3 is 2.56 bits per heavy atom. The molecule has 0 saturated carbocycles. The van der Waals surface area contributed by atoms with Crippen LogP contribution in [0.3, 0.4) is 0 Å². The van der Waals surface area contributed by atoms with Gasteiger partial charge in [0.2, 0.25) is 10.0 Å². The molecule has 0 spiro atoms. The number of nitrogens with zero attached hydrogens (tertiary/aromatic N) is 1. The van der Waals surface area contributed by atoms with Gasteiger partial charge in [-0.1, -0.05) is 6.07 Å². The van der Waals surface area contributed by atoms with E-state index in [9.17, 15) is 22.4 Å². The predicted molar refractivity (Wildman–Crippen MR) is 100 cm³/mol. The molecule has 0 unspecified atom stereocenters. The number of rotatable bonds is 6. The Balaban J connectivity index is 2.02. The van der Waals surface area contributed by atoms with E-state index in [0.717, 1.165) is 10.4 Å². The summed E-state index contributed by atoms with van der Waals surface area (Å²) in [4.78, 5) is 23.9. The van der Waals surface area contributed by atoms with Crippen molar-refractivity contribution in [2.75, 3.05) is 26.0 Å². The minimum atomic E-state index is -3.65. The number of carbonyl (C=O) groups is 2. The lowest BCUT2D eigenvalue weighted by Crippen LogP contribution is -2.23. The van der Waals surface area contributed by atoms with Gasteiger partial charge in [0, 0.05) is 24.3 Å². The number of hydrogen-bond donors (Lipinski definition) is 1. The fourth-order valence-electron chi connectivity index (χ4n) is 2.00. The SMILES string of the molecule is CN(C)S(=O)(=O)c1cccc(NC(=O)COC(=O)c2cc(F)ccc2Br)c1. The molecule has 2 rings (SSSR count). The van der Waals surface area contributed by atoms with Crippen molar-refractivity contribution in [3.05, 3.63) is 58.3 Å². The van der Waals surface area contributed by atoms with Crippen LogP contribution in [-0.4, -0.2) is 45.3 Å². The van der Waals surface area contributed by atoms with Gasteiger partial charge in [0.05, 0.1) is 10.5 Å². The summed E-state index contributed by atoms with van der Waals surface area (Å²) >= 11 is 3.10. The van der Waals surface area contributed by atoms with Crippen LogP contribution in [0.2, 0.25) is 0 Å². The van der Waals surface area contributed by atoms with E-state index in [1.165, 1.54) is 50.5 Å². The van der Waals surface area contributed by atoms with Gasteiger partial charge < -0.3 is 10.1 Å². The second kappa shape index (κ2) is 8.59. The molecule has 0 aliphatic rings. The van der Waals surface area contributed by atoms with Crippen molar-refractivity contribution in [3.63, 3.8) is 0 Å². The first-order valence-corrected chi connectivity index (χ1v) is 9.79. The number of carbonyl (C=O) groups excluding carboxylic acids is 2. The third-order valence-corrected chi connectivity index (χ3v) is 5.88. The fourth-order valence-corrected chi connectivity index (χ4v) is 3.36. The Bertz CT molecular complexity index is 979. The molecule has 0 atom stereocenters. The molecule has 27 heavy (non-hydrogen) atoms. The third kappa shape index (κ3) is 5.34. The number of hydrogen-bond acceptors (Lipinski definition) is 5. The summed E-state index contributed by atoms with van der Waals surface area (Å²) in [5, 5.41) is 2.44. The van der Waals surface area contributed by atoms with Gasteiger partial charge in [0.25, 0.3) is 5.91 Å². The van der Waals surface area contributed by atoms with Gasteiger partial charge in [-0.2, -0.15) is 0 Å². The largest absolute Gasteiger partial charge is 0.452 e. The molecule has 0 fully saturated rings. The van der Waals surface area contributed by atoms with Crippen LogP contribution < -0.4 is 5.32 Å². The minimum Gasteiger partial charge on any atom is -0.452 e. The van der Waals surface area contributed by atoms with Crippen molar-refractivity contribution in [1.82, 2.24) is 4.31 Å². The first-order chi connectivity index (χ1) is 12.6. The quantitative estimate of drug-likeness (QED) is 0.671. The minimum absolute atomic E-state index is 0.00554. The number of sulfonamides is 1. The molecule has 0 aliphatic heterocycles. The van der Waals surface area contributed by atoms with E-state index >= 15 is 0 Å². The van der Waals surface area contributed by atoms with Crippen LogP contribution in [0.1, 0.15) is 10.4 Å². The molecule has 2 aromatic carbocycles. The molecule has 0 bridgehead atoms. The van der Waals surface area contributed by atoms with Crippen LogP contribution in [0.25, 0.3) is 0 Å². The number of nitrogens with one attached hydrogen (secondary N) is 1. The fraction of sp³-hybridized carbons (Fsp3) is 0.176. The molecule has 0 saturated heterocycles. The molecule has 0 aromatic heterocycles. The van der Waals surface area contributed by atoms with Gasteiger partial charge in [-0.25, -0.2) is 21.9 Å². The number of anilines is 1. The van der Waals surface area contributed by atoms with Crippen LogP contribution >= 0.6 is 15.9 Å². The number of amides is 1. The number of esters is 1. The van der Waals surface area contributed by atoms with Crippen molar-refractivity contribution in [1.29, 1.82) is 0 Å². The molecular weight excluding hydrogens is 443 g/mol. The van der Waals surface area contributed by atoms with E-state index in [1.54, 1.807) is 0 Å². The molecule has 10 heteroatoms. The van der Waals surface area contributed by atoms with Gasteiger partial charge in [-0.3, -0.25) is 4.79 Å². The van der Waals surface area contributed by atoms with E-state index in [4.69, 9.17) is 4.74 Å². The summed E-state index contributed by atoms with van der Waals surface area (Å²) in [5.74, 6) is -2.16. The predicted octanol–water partition coefficient (Wildman–Crippen LogP) is 2.63. The van der Waals surface area contributed by atoms with Gasteiger partial charge >= 0.3 is 5.97 Å². The average molecular weight is 459 g/mol. The highest BCUT2D eigenvalue weighted by molar-refractivity contribution is 9.10. The molecule has 2 aromatic rings. The number of ether oxygens (including phenoxy) is 1. The lowest BCUT2D eigenvalue weighted by Gasteiger charge is -2.13. The Morgan fingerprint density at radius 2 is 1.89 bits per heavy atom. The smallest absolute Gasteiger partial charge is 0.339 e. The maximum absolute atomic E-state index is 13.2. The molecule has 144 valence electrons. The highest BCUT2D eigenvalue weighted by Crippen LogP contribution is 2.19. The maximum atomic E-state index is 13.2. The Kier molecular flexibility index (Phi) is 6.68. The van der Waals surface area contributed by atoms with E-state index in [0.29, 0.717) is 4.47 Å². The molecule has 7 nitrogen and oxygen atoms in total. The molecular formula is C17H16BrFN2O5S. The summed E-state index contributed by atoms with van der Waals surface area (Å²) in [6, 6.07) is 9.16. The van der Waals surface area contributed by atoms with Gasteiger partial charge in [0.1, 0.15) is 5.82 Å². The second-order valence-electron chi connectivity index (χ2n) is 5.56. The van der Waals surface area contributed by atoms with Crippen LogP contribution in [0, 0.1) is 5.82 Å². The Labute approximate surface area is 164 Å². The highest BCUT2D eigenvalue weighted by Gasteiger charge is 2.18. The molecule has 0 radical (unpaired) electrons. The lowest BCUT2D eigenvalue weighted by atomic mass is 10.2. The van der Waals surface area contributed by atoms with Crippen LogP contribution in [0.4, 0.5) is 10.1 Å². The van der Waals surface area contributed by atoms with Crippen molar-refractivity contribution >= 4 is 43.5 Å². The molecule has 0 aliphatic carbocycles. The first-order valence-electron chi connectivity index (χ1n) is 7.56. The topological polar surface area (TPSA) is 92.8 Å². The summed E-state index contributed by atoms with van der Waals surface area (Å²) in [6.45, 7) is -0.619. The van der Waals surface area contributed by atoms with Crippen molar-refractivity contribution in [2.24, 2.45) is 0 Å². The molecule has 1 N–H and O–H groups in total. The Hall–Kier alpha value is -2.30. The third-order valence-electron chi connectivity index (χ3n) is 3.38. The van der Waals surface area contributed by atoms with Crippen molar-refractivity contribution < 1.29 is 27.1 Å². The maximum Gasteiger partial charge on any atom is 0.339 e. The van der Waals surface area contributed by atoms with Gasteiger partial charge in [-0.05, 0) is 52.3 Å². The van der Waals surface area contributed by atoms with Crippen molar-refractivity contribution in [3.8, 4) is 0 Å². The number of halogens is 2. The van der Waals surface area contributed by atoms with E-state index in [2.05, 4.69) is 21.2 Å². The van der Waals surface area contributed by atoms with Crippen LogP contribution in [0.5, 0.6) is 0 Å². The Morgan fingerprint density at radius 1 is 1.19 bits per heavy atom. The summed E-state index contributed by atoms with van der Waals surface area (Å²) in [6.07, 6.45) is 0. The zero-order chi connectivity index (χ0) is 20.2.